The Morgan fingerprint density at radius 3 is 2.08 bits per heavy atom. The fourth-order valence-electron chi connectivity index (χ4n) is 0.902. The molecule has 0 saturated heterocycles. The summed E-state index contributed by atoms with van der Waals surface area (Å²) < 4.78 is 0. The number of aliphatic hydroxyl groups excluding tert-OH is 2. The summed E-state index contributed by atoms with van der Waals surface area (Å²) in [4.78, 5) is 10.5. The highest BCUT2D eigenvalue weighted by Crippen LogP contribution is 2.13. The molecular weight excluding hydrogens is 172 g/mol. The van der Waals surface area contributed by atoms with Crippen LogP contribution < -0.4 is 0 Å². The fraction of sp³-hybridized carbons (Fsp3) is 0.667. The number of aliphatic hydroxyl groups is 2. The van der Waals surface area contributed by atoms with Crippen LogP contribution >= 0.6 is 0 Å². The molecule has 0 radical (unpaired) electrons. The Morgan fingerprint density at radius 2 is 1.77 bits per heavy atom. The van der Waals surface area contributed by atoms with Gasteiger partial charge in [-0.2, -0.15) is 0 Å². The van der Waals surface area contributed by atoms with E-state index in [0.717, 1.165) is 0 Å². The Hall–Kier alpha value is -0.870. The van der Waals surface area contributed by atoms with Gasteiger partial charge in [-0.1, -0.05) is 6.92 Å². The van der Waals surface area contributed by atoms with Crippen LogP contribution in [-0.4, -0.2) is 33.5 Å². The molecule has 4 nitrogen and oxygen atoms in total. The van der Waals surface area contributed by atoms with E-state index in [2.05, 4.69) is 0 Å². The van der Waals surface area contributed by atoms with E-state index in [1.54, 1.807) is 6.92 Å². The molecule has 0 bridgehead atoms. The van der Waals surface area contributed by atoms with E-state index in [9.17, 15) is 15.0 Å². The van der Waals surface area contributed by atoms with Gasteiger partial charge in [-0.05, 0) is 25.8 Å². The Bertz CT molecular complexity index is 220. The van der Waals surface area contributed by atoms with Crippen LogP contribution in [0.5, 0.6) is 0 Å². The Labute approximate surface area is 77.5 Å². The monoisotopic (exact) mass is 188 g/mol. The van der Waals surface area contributed by atoms with Crippen molar-refractivity contribution < 1.29 is 20.1 Å². The average molecular weight is 188 g/mol. The third-order valence-corrected chi connectivity index (χ3v) is 2.14. The average Bonchev–Trinajstić information content (AvgIpc) is 2.12. The van der Waals surface area contributed by atoms with Gasteiger partial charge >= 0.3 is 5.97 Å². The van der Waals surface area contributed by atoms with Gasteiger partial charge in [0.25, 0.3) is 0 Å². The summed E-state index contributed by atoms with van der Waals surface area (Å²) in [6.45, 7) is 4.63. The lowest BCUT2D eigenvalue weighted by molar-refractivity contribution is -0.132. The van der Waals surface area contributed by atoms with Crippen LogP contribution in [0.4, 0.5) is 0 Å². The number of carboxylic acids is 1. The summed E-state index contributed by atoms with van der Waals surface area (Å²) in [5, 5.41) is 27.3. The van der Waals surface area contributed by atoms with Crippen molar-refractivity contribution in [3.05, 3.63) is 11.1 Å². The molecule has 0 heterocycles. The zero-order valence-corrected chi connectivity index (χ0v) is 8.11. The predicted octanol–water partition coefficient (Wildman–Crippen LogP) is 0.539. The Kier molecular flexibility index (Phi) is 4.66. The van der Waals surface area contributed by atoms with Crippen LogP contribution in [0.3, 0.4) is 0 Å². The molecule has 0 saturated carbocycles. The second-order valence-corrected chi connectivity index (χ2v) is 3.03. The topological polar surface area (TPSA) is 77.8 Å². The standard InChI is InChI=1S/C9H16O4/c1-4-7(10)8(11)5(2)6(3)9(12)13/h7-8,10-11H,4H2,1-3H3,(H,12,13). The van der Waals surface area contributed by atoms with Crippen LogP contribution in [0, 0.1) is 0 Å². The number of aliphatic carboxylic acids is 1. The minimum Gasteiger partial charge on any atom is -0.478 e. The van der Waals surface area contributed by atoms with Crippen molar-refractivity contribution >= 4 is 5.97 Å². The molecule has 0 aromatic heterocycles. The van der Waals surface area contributed by atoms with Crippen molar-refractivity contribution in [3.8, 4) is 0 Å². The van der Waals surface area contributed by atoms with Crippen molar-refractivity contribution in [1.82, 2.24) is 0 Å². The lowest BCUT2D eigenvalue weighted by Gasteiger charge is -2.17. The summed E-state index contributed by atoms with van der Waals surface area (Å²) in [7, 11) is 0. The molecular formula is C9H16O4. The van der Waals surface area contributed by atoms with E-state index in [0.29, 0.717) is 12.0 Å². The summed E-state index contributed by atoms with van der Waals surface area (Å²) >= 11 is 0. The third-order valence-electron chi connectivity index (χ3n) is 2.14. The summed E-state index contributed by atoms with van der Waals surface area (Å²) in [5.41, 5.74) is 0.391. The summed E-state index contributed by atoms with van der Waals surface area (Å²) in [5.74, 6) is -1.07. The highest BCUT2D eigenvalue weighted by atomic mass is 16.4. The molecule has 2 atom stereocenters. The van der Waals surface area contributed by atoms with Crippen molar-refractivity contribution in [2.24, 2.45) is 0 Å². The zero-order valence-electron chi connectivity index (χ0n) is 8.11. The first kappa shape index (κ1) is 12.1. The van der Waals surface area contributed by atoms with Crippen LogP contribution in [0.25, 0.3) is 0 Å². The third kappa shape index (κ3) is 3.16. The molecule has 0 aromatic carbocycles. The quantitative estimate of drug-likeness (QED) is 0.563. The van der Waals surface area contributed by atoms with Gasteiger partial charge in [-0.25, -0.2) is 4.79 Å². The molecule has 0 rings (SSSR count). The highest BCUT2D eigenvalue weighted by Gasteiger charge is 2.19. The molecule has 2 unspecified atom stereocenters. The number of carbonyl (C=O) groups is 1. The van der Waals surface area contributed by atoms with Gasteiger partial charge in [0.1, 0.15) is 6.10 Å². The first-order valence-electron chi connectivity index (χ1n) is 4.18. The molecule has 0 amide bonds. The van der Waals surface area contributed by atoms with Crippen molar-refractivity contribution in [2.75, 3.05) is 0 Å². The number of hydrogen-bond acceptors (Lipinski definition) is 3. The van der Waals surface area contributed by atoms with Gasteiger partial charge < -0.3 is 15.3 Å². The van der Waals surface area contributed by atoms with Gasteiger partial charge in [-0.3, -0.25) is 0 Å². The number of carboxylic acid groups (broad SMARTS) is 1. The molecule has 0 aromatic rings. The SMILES string of the molecule is CCC(O)C(O)C(C)=C(C)C(=O)O. The second kappa shape index (κ2) is 4.99. The van der Waals surface area contributed by atoms with E-state index < -0.39 is 18.2 Å². The minimum absolute atomic E-state index is 0.0833. The summed E-state index contributed by atoms with van der Waals surface area (Å²) in [6, 6.07) is 0. The highest BCUT2D eigenvalue weighted by molar-refractivity contribution is 5.86. The first-order valence-corrected chi connectivity index (χ1v) is 4.18. The molecule has 0 fully saturated rings. The van der Waals surface area contributed by atoms with Crippen LogP contribution in [0.1, 0.15) is 27.2 Å². The van der Waals surface area contributed by atoms with E-state index in [4.69, 9.17) is 5.11 Å². The molecule has 0 aliphatic rings. The minimum atomic E-state index is -1.08. The van der Waals surface area contributed by atoms with Crippen molar-refractivity contribution in [2.45, 2.75) is 39.4 Å². The van der Waals surface area contributed by atoms with Crippen LogP contribution in [0.2, 0.25) is 0 Å². The van der Waals surface area contributed by atoms with Crippen LogP contribution in [0.15, 0.2) is 11.1 Å². The number of rotatable bonds is 4. The van der Waals surface area contributed by atoms with E-state index in [1.807, 2.05) is 0 Å². The molecule has 0 spiro atoms. The summed E-state index contributed by atoms with van der Waals surface area (Å²) in [6.07, 6.45) is -1.58. The number of hydrogen-bond donors (Lipinski definition) is 3. The van der Waals surface area contributed by atoms with E-state index in [1.165, 1.54) is 13.8 Å². The van der Waals surface area contributed by atoms with Gasteiger partial charge in [-0.15, -0.1) is 0 Å². The predicted molar refractivity (Wildman–Crippen MR) is 48.3 cm³/mol. The maximum Gasteiger partial charge on any atom is 0.331 e. The van der Waals surface area contributed by atoms with Gasteiger partial charge in [0, 0.05) is 5.57 Å². The van der Waals surface area contributed by atoms with E-state index >= 15 is 0 Å². The van der Waals surface area contributed by atoms with Crippen molar-refractivity contribution in [3.63, 3.8) is 0 Å². The molecule has 3 N–H and O–H groups in total. The van der Waals surface area contributed by atoms with Gasteiger partial charge in [0.05, 0.1) is 6.10 Å². The Morgan fingerprint density at radius 1 is 1.31 bits per heavy atom. The zero-order chi connectivity index (χ0) is 10.6. The maximum atomic E-state index is 10.5. The normalized spacial score (nSPS) is 17.6. The van der Waals surface area contributed by atoms with Gasteiger partial charge in [0.15, 0.2) is 0 Å². The Balaban J connectivity index is 4.66. The van der Waals surface area contributed by atoms with E-state index in [-0.39, 0.29) is 5.57 Å². The first-order chi connectivity index (χ1) is 5.91. The molecule has 76 valence electrons. The van der Waals surface area contributed by atoms with Crippen LogP contribution in [-0.2, 0) is 4.79 Å². The molecule has 13 heavy (non-hydrogen) atoms. The van der Waals surface area contributed by atoms with Gasteiger partial charge in [0.2, 0.25) is 0 Å². The smallest absolute Gasteiger partial charge is 0.331 e. The maximum absolute atomic E-state index is 10.5. The lowest BCUT2D eigenvalue weighted by Crippen LogP contribution is -2.27. The second-order valence-electron chi connectivity index (χ2n) is 3.03. The molecule has 4 heteroatoms. The lowest BCUT2D eigenvalue weighted by atomic mass is 10.00. The molecule has 0 aliphatic carbocycles. The molecule has 0 aliphatic heterocycles. The largest absolute Gasteiger partial charge is 0.478 e. The fourth-order valence-corrected chi connectivity index (χ4v) is 0.902. The van der Waals surface area contributed by atoms with Crippen molar-refractivity contribution in [1.29, 1.82) is 0 Å².